The van der Waals surface area contributed by atoms with Crippen molar-refractivity contribution in [2.24, 2.45) is 0 Å². The summed E-state index contributed by atoms with van der Waals surface area (Å²) >= 11 is 2.62. The Morgan fingerprint density at radius 3 is 1.81 bits per heavy atom. The summed E-state index contributed by atoms with van der Waals surface area (Å²) in [7, 11) is 0. The summed E-state index contributed by atoms with van der Waals surface area (Å²) in [6.07, 6.45) is 5.83. The van der Waals surface area contributed by atoms with Gasteiger partial charge in [-0.05, 0) is 47.3 Å². The fourth-order valence-electron chi connectivity index (χ4n) is 12.1. The van der Waals surface area contributed by atoms with E-state index in [1.165, 1.54) is 50.0 Å². The van der Waals surface area contributed by atoms with Crippen LogP contribution < -0.4 is 4.74 Å². The molecule has 3 heterocycles. The van der Waals surface area contributed by atoms with E-state index in [1.54, 1.807) is 12.3 Å². The molecule has 0 aliphatic heterocycles. The van der Waals surface area contributed by atoms with Crippen LogP contribution in [0, 0.1) is 10.7 Å². The molecule has 9 aromatic carbocycles. The van der Waals surface area contributed by atoms with Crippen LogP contribution in [0.3, 0.4) is 0 Å². The average Bonchev–Trinajstić information content (AvgIpc) is 2.00. The molecular formula is C74H66N4OPt. The van der Waals surface area contributed by atoms with Crippen molar-refractivity contribution >= 4 is 32.8 Å². The number of rotatable bonds is 9. The van der Waals surface area contributed by atoms with E-state index >= 15 is 0 Å². The maximum absolute atomic E-state index is 8.74. The van der Waals surface area contributed by atoms with Gasteiger partial charge in [0.2, 0.25) is 0 Å². The van der Waals surface area contributed by atoms with Crippen molar-refractivity contribution in [2.75, 3.05) is 0 Å². The van der Waals surface area contributed by atoms with Crippen molar-refractivity contribution in [1.29, 1.82) is 0 Å². The van der Waals surface area contributed by atoms with Gasteiger partial charge in [0.25, 0.3) is 0 Å². The molecule has 3 aromatic heterocycles. The van der Waals surface area contributed by atoms with Gasteiger partial charge in [0.05, 0.1) is 0 Å². The van der Waals surface area contributed by atoms with Gasteiger partial charge in [0.15, 0.2) is 0 Å². The normalized spacial score (nSPS) is 14.7. The van der Waals surface area contributed by atoms with Gasteiger partial charge in [-0.1, -0.05) is 66.7 Å². The predicted molar refractivity (Wildman–Crippen MR) is 329 cm³/mol. The molecule has 1 aliphatic rings. The van der Waals surface area contributed by atoms with Crippen LogP contribution >= 0.6 is 0 Å². The van der Waals surface area contributed by atoms with E-state index < -0.39 is 6.85 Å². The molecule has 0 fully saturated rings. The van der Waals surface area contributed by atoms with Crippen molar-refractivity contribution < 1.29 is 28.2 Å². The zero-order valence-corrected chi connectivity index (χ0v) is 48.5. The topological polar surface area (TPSA) is 36.9 Å². The van der Waals surface area contributed by atoms with E-state index in [-0.39, 0.29) is 22.4 Å². The largest absolute Gasteiger partial charge is 0.238 e. The molecule has 1 unspecified atom stereocenters. The van der Waals surface area contributed by atoms with Crippen LogP contribution in [0.4, 0.5) is 0 Å². The first-order chi connectivity index (χ1) is 40.0. The molecule has 398 valence electrons. The third kappa shape index (κ3) is 9.39. The van der Waals surface area contributed by atoms with Crippen molar-refractivity contribution in [3.05, 3.63) is 250 Å². The second-order valence-corrected chi connectivity index (χ2v) is 24.6. The number of aryl methyl sites for hydroxylation is 2. The Hall–Kier alpha value is -8.11. The van der Waals surface area contributed by atoms with Gasteiger partial charge in [-0.15, -0.1) is 0 Å². The number of benzene rings is 9. The van der Waals surface area contributed by atoms with Crippen LogP contribution in [0.15, 0.2) is 219 Å². The number of aromatic nitrogens is 4. The first kappa shape index (κ1) is 47.9. The molecule has 0 amide bonds. The van der Waals surface area contributed by atoms with Gasteiger partial charge < -0.3 is 0 Å². The first-order valence-corrected chi connectivity index (χ1v) is 29.1. The van der Waals surface area contributed by atoms with E-state index in [2.05, 4.69) is 244 Å². The number of pyridine rings is 1. The summed E-state index contributed by atoms with van der Waals surface area (Å²) in [4.78, 5) is 5.04. The van der Waals surface area contributed by atoms with E-state index in [0.717, 1.165) is 84.9 Å². The number of hydrogen-bond acceptors (Lipinski definition) is 2. The summed E-state index contributed by atoms with van der Waals surface area (Å²) in [5.41, 5.74) is 19.0. The Bertz CT molecular complexity index is 4470. The Morgan fingerprint density at radius 1 is 0.500 bits per heavy atom. The Balaban J connectivity index is 0.955. The molecule has 0 radical (unpaired) electrons. The molecule has 80 heavy (non-hydrogen) atoms. The fraction of sp³-hybridized carbons (Fsp3) is 0.189. The van der Waals surface area contributed by atoms with Gasteiger partial charge in [0.1, 0.15) is 0 Å². The monoisotopic (exact) mass is 1220 g/mol. The predicted octanol–water partition coefficient (Wildman–Crippen LogP) is 19.7. The number of para-hydroxylation sites is 3. The molecule has 0 N–H and O–H groups in total. The van der Waals surface area contributed by atoms with E-state index in [9.17, 15) is 0 Å². The molecule has 13 rings (SSSR count). The summed E-state index contributed by atoms with van der Waals surface area (Å²) < 4.78 is 41.6. The molecule has 0 saturated carbocycles. The fourth-order valence-corrected chi connectivity index (χ4v) is 13.2. The standard InChI is InChI=1S/C74H66N4O.Pt/c1-49-40-71(75-47-65(49)52-26-15-10-16-27-52)78-67-39-35-54(50-22-11-8-12-23-50)43-64(67)62-38-37-59(46-70(62)78)79-58-36-34-53-28-17-18-31-66(63(53)45-58)76-48-77(69-33-20-19-32-68(69)76)72-60(51-24-13-9-14-25-51)29-21-30-61(72)55-41-56(73(2,3)4)44-57(42-55)74(5,6)7;/h8-16,19-27,29-30,32-47,66H,17-18,28,31H2,1-7H3;/i1D3;. The molecule has 6 heteroatoms. The van der Waals surface area contributed by atoms with Crippen LogP contribution in [0.2, 0.25) is 0 Å². The summed E-state index contributed by atoms with van der Waals surface area (Å²) in [5.74, 6) is 1.94. The minimum Gasteiger partial charge on any atom is -0.238 e. The third-order valence-electron chi connectivity index (χ3n) is 16.3. The Morgan fingerprint density at radius 2 is 1.12 bits per heavy atom. The quantitative estimate of drug-likeness (QED) is 0.135. The smallest absolute Gasteiger partial charge is 0.0374 e. The van der Waals surface area contributed by atoms with Gasteiger partial charge in [0, 0.05) is 15.9 Å². The number of fused-ring (bicyclic) bond motifs is 5. The molecule has 0 saturated heterocycles. The second-order valence-electron chi connectivity index (χ2n) is 23.6. The summed E-state index contributed by atoms with van der Waals surface area (Å²) in [6.45, 7) is 11.5. The van der Waals surface area contributed by atoms with Gasteiger partial charge in [-0.25, -0.2) is 4.98 Å². The molecule has 5 nitrogen and oxygen atoms in total. The molecular weight excluding hydrogens is 1160 g/mol. The minimum absolute atomic E-state index is 0.0138. The Kier molecular flexibility index (Phi) is 12.3. The SMILES string of the molecule is [2H]C([2H])([2H])c1cc(-n2c3ccc(-c4ccccc4)cc3c3ccc(Oc4ccc5c(c4)C(n4[c](=[Pt])n(-c6c(-c7ccccc7)cccc6-c6cc(C(C)(C)C)cc(C(C)(C)C)c6)c6ccccc64)CCCC5)cc32)ncc1-c1ccccc1. The molecule has 0 bridgehead atoms. The van der Waals surface area contributed by atoms with Gasteiger partial charge in [-0.2, -0.15) is 0 Å². The third-order valence-corrected chi connectivity index (χ3v) is 17.4. The van der Waals surface area contributed by atoms with E-state index in [4.69, 9.17) is 13.8 Å². The number of ether oxygens (including phenoxy) is 1. The minimum atomic E-state index is -2.39. The molecule has 0 spiro atoms. The summed E-state index contributed by atoms with van der Waals surface area (Å²) in [6, 6.07) is 75.1. The van der Waals surface area contributed by atoms with Gasteiger partial charge >= 0.3 is 353 Å². The van der Waals surface area contributed by atoms with E-state index in [1.807, 2.05) is 36.4 Å². The van der Waals surface area contributed by atoms with E-state index in [0.29, 0.717) is 17.1 Å². The summed E-state index contributed by atoms with van der Waals surface area (Å²) in [5, 5.41) is 2.04. The maximum atomic E-state index is 8.74. The van der Waals surface area contributed by atoms with Gasteiger partial charge in [-0.3, -0.25) is 0 Å². The second kappa shape index (κ2) is 20.5. The average molecular weight is 1230 g/mol. The van der Waals surface area contributed by atoms with Crippen molar-refractivity contribution in [3.63, 3.8) is 0 Å². The first-order valence-electron chi connectivity index (χ1n) is 29.5. The van der Waals surface area contributed by atoms with Crippen LogP contribution in [-0.2, 0) is 36.6 Å². The maximum Gasteiger partial charge on any atom is 0.0374 e. The van der Waals surface area contributed by atoms with Crippen LogP contribution in [0.25, 0.3) is 88.9 Å². The van der Waals surface area contributed by atoms with Crippen molar-refractivity contribution in [3.8, 4) is 67.5 Å². The van der Waals surface area contributed by atoms with Crippen LogP contribution in [-0.4, -0.2) is 18.7 Å². The Labute approximate surface area is 485 Å². The van der Waals surface area contributed by atoms with Crippen LogP contribution in [0.5, 0.6) is 11.5 Å². The number of imidazole rings is 1. The molecule has 1 atom stereocenters. The number of nitrogens with zero attached hydrogens (tertiary/aromatic N) is 4. The molecule has 1 aliphatic carbocycles. The van der Waals surface area contributed by atoms with Crippen molar-refractivity contribution in [1.82, 2.24) is 18.7 Å². The zero-order chi connectivity index (χ0) is 57.4. The number of hydrogen-bond donors (Lipinski definition) is 0. The zero-order valence-electron chi connectivity index (χ0n) is 49.2. The molecule has 12 aromatic rings. The van der Waals surface area contributed by atoms with Crippen molar-refractivity contribution in [2.45, 2.75) is 90.9 Å². The van der Waals surface area contributed by atoms with Crippen LogP contribution in [0.1, 0.15) is 98.8 Å².